The van der Waals surface area contributed by atoms with Gasteiger partial charge in [0.1, 0.15) is 17.5 Å². The topological polar surface area (TPSA) is 181 Å². The maximum absolute atomic E-state index is 15.4. The number of allylic oxidation sites excluding steroid dienone is 1. The first-order chi connectivity index (χ1) is 35.8. The summed E-state index contributed by atoms with van der Waals surface area (Å²) in [5.74, 6) is 0.500. The molecule has 15 nitrogen and oxygen atoms in total. The summed E-state index contributed by atoms with van der Waals surface area (Å²) in [7, 11) is 0. The molecule has 4 aromatic rings. The number of hydrogen-bond acceptors (Lipinski definition) is 14. The molecular formula is C57H65N3O12S. The molecule has 9 rings (SSSR count). The Bertz CT molecular complexity index is 2620. The highest BCUT2D eigenvalue weighted by molar-refractivity contribution is 7.99. The first-order valence-corrected chi connectivity index (χ1v) is 26.5. The van der Waals surface area contributed by atoms with E-state index >= 15 is 4.79 Å². The van der Waals surface area contributed by atoms with Gasteiger partial charge in [-0.25, -0.2) is 0 Å². The number of benzene rings is 4. The van der Waals surface area contributed by atoms with Gasteiger partial charge >= 0.3 is 0 Å². The zero-order chi connectivity index (χ0) is 50.6. The predicted octanol–water partition coefficient (Wildman–Crippen LogP) is 10.4. The fourth-order valence-corrected chi connectivity index (χ4v) is 11.8. The number of unbranched alkanes of at least 4 members (excludes halogenated alkanes) is 2. The number of nitro benzene ring substituents is 1. The smallest absolute Gasteiger partial charge is 0.269 e. The Kier molecular flexibility index (Phi) is 17.5. The van der Waals surface area contributed by atoms with Crippen LogP contribution in [-0.4, -0.2) is 95.4 Å². The molecule has 7 atom stereocenters. The number of thioether (sulfide) groups is 1. The molecule has 3 aliphatic heterocycles. The second-order valence-electron chi connectivity index (χ2n) is 19.0. The number of nitro groups is 1. The third-order valence-corrected chi connectivity index (χ3v) is 15.4. The third-order valence-electron chi connectivity index (χ3n) is 14.4. The van der Waals surface area contributed by atoms with Gasteiger partial charge in [0.2, 0.25) is 24.8 Å². The van der Waals surface area contributed by atoms with Crippen LogP contribution in [-0.2, 0) is 25.7 Å². The van der Waals surface area contributed by atoms with Crippen molar-refractivity contribution in [2.75, 3.05) is 45.6 Å². The molecule has 1 amide bonds. The van der Waals surface area contributed by atoms with Crippen molar-refractivity contribution in [3.8, 4) is 23.0 Å². The average molecular weight is 1020 g/mol. The molecule has 4 aromatic carbocycles. The number of rotatable bonds is 24. The molecule has 0 radical (unpaired) electrons. The lowest BCUT2D eigenvalue weighted by atomic mass is 9.55. The molecule has 5 aliphatic rings. The second kappa shape index (κ2) is 24.7. The van der Waals surface area contributed by atoms with Crippen molar-refractivity contribution in [1.29, 1.82) is 0 Å². The molecule has 0 bridgehead atoms. The van der Waals surface area contributed by atoms with Gasteiger partial charge in [-0.05, 0) is 128 Å². The van der Waals surface area contributed by atoms with E-state index in [9.17, 15) is 20.3 Å². The van der Waals surface area contributed by atoms with Crippen LogP contribution in [0.3, 0.4) is 0 Å². The second-order valence-corrected chi connectivity index (χ2v) is 20.2. The standard InChI is InChI=1S/C57H65N3O12S/c1-2-29-70-57-52(59(37-40-19-24-50-51(33-40)69-38-68-50)53(63)26-20-39-17-21-42(22-18-39)60(64)65)36-48(58-72-54-16-8-11-30-67-54)46-34-41(12-6-9-27-61)45(15-7-10-28-62)55(56(46)57)47-35-43(23-25-49(47)71-57)66-31-32-73-44-13-4-3-5-14-44/h2-5,13-14,17-26,33-35,41,45,52,54-56,61-62H,1,6-12,15-16,27-32,36-38H2. The summed E-state index contributed by atoms with van der Waals surface area (Å²) in [6.45, 7) is 5.52. The van der Waals surface area contributed by atoms with Crippen LogP contribution in [0.15, 0.2) is 131 Å². The average Bonchev–Trinajstić information content (AvgIpc) is 3.90. The number of carbonyl (C=O) groups is 1. The van der Waals surface area contributed by atoms with Crippen LogP contribution >= 0.6 is 11.8 Å². The first-order valence-electron chi connectivity index (χ1n) is 25.6. The van der Waals surface area contributed by atoms with Crippen LogP contribution in [0.1, 0.15) is 86.8 Å². The predicted molar refractivity (Wildman–Crippen MR) is 278 cm³/mol. The molecule has 2 fully saturated rings. The van der Waals surface area contributed by atoms with E-state index < -0.39 is 29.0 Å². The Morgan fingerprint density at radius 2 is 1.74 bits per heavy atom. The number of aliphatic hydroxyl groups excluding tert-OH is 2. The number of non-ortho nitro benzene ring substituents is 1. The van der Waals surface area contributed by atoms with Crippen molar-refractivity contribution >= 4 is 35.1 Å². The summed E-state index contributed by atoms with van der Waals surface area (Å²) in [5, 5.41) is 36.7. The van der Waals surface area contributed by atoms with Gasteiger partial charge in [0.05, 0.1) is 36.4 Å². The fourth-order valence-electron chi connectivity index (χ4n) is 11.0. The minimum absolute atomic E-state index is 0.000115. The number of nitrogens with zero attached hydrogens (tertiary/aromatic N) is 3. The van der Waals surface area contributed by atoms with Gasteiger partial charge in [-0.15, -0.1) is 18.3 Å². The summed E-state index contributed by atoms with van der Waals surface area (Å²) in [4.78, 5) is 35.8. The summed E-state index contributed by atoms with van der Waals surface area (Å²) in [6.07, 6.45) is 13.7. The van der Waals surface area contributed by atoms with Gasteiger partial charge in [-0.1, -0.05) is 54.4 Å². The lowest BCUT2D eigenvalue weighted by molar-refractivity contribution is -0.384. The molecule has 73 heavy (non-hydrogen) atoms. The molecule has 386 valence electrons. The van der Waals surface area contributed by atoms with Crippen molar-refractivity contribution in [2.24, 2.45) is 22.9 Å². The van der Waals surface area contributed by atoms with Crippen LogP contribution in [0, 0.1) is 27.9 Å². The van der Waals surface area contributed by atoms with Crippen molar-refractivity contribution in [3.05, 3.63) is 148 Å². The van der Waals surface area contributed by atoms with E-state index in [-0.39, 0.29) is 68.9 Å². The van der Waals surface area contributed by atoms with Gasteiger partial charge in [0.25, 0.3) is 5.69 Å². The van der Waals surface area contributed by atoms with Crippen LogP contribution in [0.2, 0.25) is 0 Å². The highest BCUT2D eigenvalue weighted by Gasteiger charge is 2.65. The van der Waals surface area contributed by atoms with E-state index in [1.54, 1.807) is 40.9 Å². The number of aliphatic hydroxyl groups is 2. The summed E-state index contributed by atoms with van der Waals surface area (Å²) < 4.78 is 38.8. The van der Waals surface area contributed by atoms with Crippen LogP contribution in [0.4, 0.5) is 5.69 Å². The number of amides is 1. The highest BCUT2D eigenvalue weighted by atomic mass is 32.2. The van der Waals surface area contributed by atoms with E-state index in [1.807, 2.05) is 48.5 Å². The van der Waals surface area contributed by atoms with Gasteiger partial charge < -0.3 is 48.4 Å². The fraction of sp³-hybridized carbons (Fsp3) is 0.439. The SMILES string of the molecule is C=CCOC12Oc3ccc(OCCSc4ccccc4)cc3C3C(CCCCO)C(CCCCO)C=C(C(=NOC4CCCCO4)CC1N(Cc1ccc4c(c1)OCO4)C(=O)C=Cc1ccc([N+](=O)[O-])cc1)C32. The van der Waals surface area contributed by atoms with Crippen molar-refractivity contribution < 1.29 is 53.2 Å². The van der Waals surface area contributed by atoms with Crippen LogP contribution in [0.5, 0.6) is 23.0 Å². The third kappa shape index (κ3) is 12.1. The Balaban J connectivity index is 1.20. The lowest BCUT2D eigenvalue weighted by Crippen LogP contribution is -2.70. The molecular weight excluding hydrogens is 951 g/mol. The summed E-state index contributed by atoms with van der Waals surface area (Å²) >= 11 is 1.73. The van der Waals surface area contributed by atoms with Crippen LogP contribution in [0.25, 0.3) is 6.08 Å². The van der Waals surface area contributed by atoms with E-state index in [2.05, 4.69) is 30.9 Å². The van der Waals surface area contributed by atoms with Crippen molar-refractivity contribution in [2.45, 2.75) is 99.7 Å². The Hall–Kier alpha value is -6.17. The largest absolute Gasteiger partial charge is 0.493 e. The molecule has 3 heterocycles. The van der Waals surface area contributed by atoms with E-state index in [0.29, 0.717) is 66.7 Å². The van der Waals surface area contributed by atoms with Crippen LogP contribution < -0.4 is 18.9 Å². The number of ether oxygens (including phenoxy) is 6. The Morgan fingerprint density at radius 1 is 0.945 bits per heavy atom. The molecule has 0 spiro atoms. The van der Waals surface area contributed by atoms with E-state index in [4.69, 9.17) is 38.4 Å². The van der Waals surface area contributed by atoms with Crippen molar-refractivity contribution in [1.82, 2.24) is 4.90 Å². The molecule has 0 aromatic heterocycles. The Labute approximate surface area is 430 Å². The molecule has 1 saturated heterocycles. The Morgan fingerprint density at radius 3 is 2.51 bits per heavy atom. The minimum atomic E-state index is -1.54. The molecule has 1 saturated carbocycles. The lowest BCUT2D eigenvalue weighted by Gasteiger charge is -2.60. The maximum Gasteiger partial charge on any atom is 0.269 e. The first kappa shape index (κ1) is 51.7. The van der Waals surface area contributed by atoms with E-state index in [0.717, 1.165) is 65.9 Å². The molecule has 2 aliphatic carbocycles. The van der Waals surface area contributed by atoms with Gasteiger partial charge in [0.15, 0.2) is 11.5 Å². The van der Waals surface area contributed by atoms with Crippen molar-refractivity contribution in [3.63, 3.8) is 0 Å². The minimum Gasteiger partial charge on any atom is -0.493 e. The van der Waals surface area contributed by atoms with E-state index in [1.165, 1.54) is 18.2 Å². The molecule has 16 heteroatoms. The van der Waals surface area contributed by atoms with Gasteiger partial charge in [0, 0.05) is 72.9 Å². The zero-order valence-corrected chi connectivity index (χ0v) is 41.9. The summed E-state index contributed by atoms with van der Waals surface area (Å²) in [6, 6.07) is 27.0. The number of carbonyl (C=O) groups excluding carboxylic acids is 1. The number of fused-ring (bicyclic) bond motifs is 3. The highest BCUT2D eigenvalue weighted by Crippen LogP contribution is 2.62. The number of oxime groups is 1. The summed E-state index contributed by atoms with van der Waals surface area (Å²) in [5.41, 5.74) is 3.81. The zero-order valence-electron chi connectivity index (χ0n) is 41.1. The molecule has 2 N–H and O–H groups in total. The van der Waals surface area contributed by atoms with Gasteiger partial charge in [-0.3, -0.25) is 14.9 Å². The maximum atomic E-state index is 15.4. The van der Waals surface area contributed by atoms with Gasteiger partial charge in [-0.2, -0.15) is 0 Å². The molecule has 7 unspecified atom stereocenters. The quantitative estimate of drug-likeness (QED) is 0.0169. The monoisotopic (exact) mass is 1020 g/mol. The normalized spacial score (nSPS) is 24.2. The number of hydrogen-bond donors (Lipinski definition) is 2.